The van der Waals surface area contributed by atoms with Gasteiger partial charge in [-0.15, -0.1) is 0 Å². The van der Waals surface area contributed by atoms with E-state index in [0.717, 1.165) is 12.1 Å². The maximum atomic E-state index is 12.5. The summed E-state index contributed by atoms with van der Waals surface area (Å²) in [5, 5.41) is 0.242. The smallest absolute Gasteiger partial charge is 0.311 e. The van der Waals surface area contributed by atoms with Crippen molar-refractivity contribution in [3.8, 4) is 0 Å². The summed E-state index contributed by atoms with van der Waals surface area (Å²) in [6, 6.07) is 4.96. The van der Waals surface area contributed by atoms with Crippen LogP contribution in [0, 0.1) is 0 Å². The minimum absolute atomic E-state index is 0.242. The molecule has 0 fully saturated rings. The maximum absolute atomic E-state index is 12.5. The van der Waals surface area contributed by atoms with Crippen molar-refractivity contribution in [1.29, 1.82) is 0 Å². The monoisotopic (exact) mass is 312 g/mol. The first-order valence-corrected chi connectivity index (χ1v) is 6.30. The van der Waals surface area contributed by atoms with Gasteiger partial charge >= 0.3 is 6.18 Å². The summed E-state index contributed by atoms with van der Waals surface area (Å²) in [5.41, 5.74) is 1.03. The summed E-state index contributed by atoms with van der Waals surface area (Å²) in [4.78, 5) is 12.0. The third kappa shape index (κ3) is 2.69. The standard InChI is InChI=1S/C13H8ClF3N4/c14-11-10-12(19-6-18-11)21(7-20-10)5-8-1-3-9(4-2-8)13(15,16)17/h1-4,6-7H,5H2. The SMILES string of the molecule is FC(F)(F)c1ccc(Cn2cnc3c(Cl)ncnc32)cc1. The van der Waals surface area contributed by atoms with E-state index in [-0.39, 0.29) is 5.15 Å². The first kappa shape index (κ1) is 13.8. The number of hydrogen-bond acceptors (Lipinski definition) is 3. The van der Waals surface area contributed by atoms with E-state index >= 15 is 0 Å². The van der Waals surface area contributed by atoms with Crippen molar-refractivity contribution in [2.75, 3.05) is 0 Å². The summed E-state index contributed by atoms with van der Waals surface area (Å²) < 4.78 is 39.2. The van der Waals surface area contributed by atoms with Gasteiger partial charge in [0.15, 0.2) is 10.8 Å². The molecule has 3 aromatic rings. The summed E-state index contributed by atoms with van der Waals surface area (Å²) >= 11 is 5.89. The topological polar surface area (TPSA) is 43.6 Å². The number of rotatable bonds is 2. The number of fused-ring (bicyclic) bond motifs is 1. The van der Waals surface area contributed by atoms with Crippen LogP contribution in [0.1, 0.15) is 11.1 Å². The summed E-state index contributed by atoms with van der Waals surface area (Å²) in [7, 11) is 0. The zero-order valence-electron chi connectivity index (χ0n) is 10.5. The second-order valence-corrected chi connectivity index (χ2v) is 4.76. The van der Waals surface area contributed by atoms with E-state index in [4.69, 9.17) is 11.6 Å². The van der Waals surface area contributed by atoms with Crippen molar-refractivity contribution in [2.24, 2.45) is 0 Å². The van der Waals surface area contributed by atoms with Crippen molar-refractivity contribution in [3.63, 3.8) is 0 Å². The number of nitrogens with zero attached hydrogens (tertiary/aromatic N) is 4. The lowest BCUT2D eigenvalue weighted by atomic mass is 10.1. The van der Waals surface area contributed by atoms with Gasteiger partial charge in [0, 0.05) is 0 Å². The van der Waals surface area contributed by atoms with Crippen LogP contribution in [-0.2, 0) is 12.7 Å². The van der Waals surface area contributed by atoms with Crippen LogP contribution in [0.25, 0.3) is 11.2 Å². The molecule has 0 N–H and O–H groups in total. The summed E-state index contributed by atoms with van der Waals surface area (Å²) in [6.45, 7) is 0.349. The van der Waals surface area contributed by atoms with Gasteiger partial charge in [0.1, 0.15) is 11.8 Å². The minimum Gasteiger partial charge on any atom is -0.311 e. The van der Waals surface area contributed by atoms with E-state index < -0.39 is 11.7 Å². The maximum Gasteiger partial charge on any atom is 0.416 e. The molecule has 0 spiro atoms. The average molecular weight is 313 g/mol. The highest BCUT2D eigenvalue weighted by atomic mass is 35.5. The summed E-state index contributed by atoms with van der Waals surface area (Å²) in [6.07, 6.45) is -1.49. The lowest BCUT2D eigenvalue weighted by Crippen LogP contribution is -2.05. The molecule has 0 aliphatic rings. The second-order valence-electron chi connectivity index (χ2n) is 4.40. The van der Waals surface area contributed by atoms with E-state index in [1.165, 1.54) is 24.8 Å². The van der Waals surface area contributed by atoms with Gasteiger partial charge in [0.05, 0.1) is 18.4 Å². The van der Waals surface area contributed by atoms with Crippen molar-refractivity contribution >= 4 is 22.8 Å². The fourth-order valence-electron chi connectivity index (χ4n) is 1.96. The predicted molar refractivity (Wildman–Crippen MR) is 70.9 cm³/mol. The lowest BCUT2D eigenvalue weighted by Gasteiger charge is -2.08. The molecule has 0 atom stereocenters. The van der Waals surface area contributed by atoms with Crippen molar-refractivity contribution < 1.29 is 13.2 Å². The molecule has 3 rings (SSSR count). The Hall–Kier alpha value is -2.15. The molecule has 21 heavy (non-hydrogen) atoms. The molecular formula is C13H8ClF3N4. The largest absolute Gasteiger partial charge is 0.416 e. The normalized spacial score (nSPS) is 12.0. The highest BCUT2D eigenvalue weighted by Crippen LogP contribution is 2.29. The molecular weight excluding hydrogens is 305 g/mol. The van der Waals surface area contributed by atoms with E-state index in [1.807, 2.05) is 0 Å². The van der Waals surface area contributed by atoms with Crippen molar-refractivity contribution in [3.05, 3.63) is 53.2 Å². The Balaban J connectivity index is 1.90. The van der Waals surface area contributed by atoms with Crippen LogP contribution >= 0.6 is 11.6 Å². The molecule has 0 saturated heterocycles. The van der Waals surface area contributed by atoms with E-state index in [2.05, 4.69) is 15.0 Å². The molecule has 0 radical (unpaired) electrons. The third-order valence-corrected chi connectivity index (χ3v) is 3.27. The van der Waals surface area contributed by atoms with Crippen molar-refractivity contribution in [2.45, 2.75) is 12.7 Å². The Kier molecular flexibility index (Phi) is 3.29. The van der Waals surface area contributed by atoms with Crippen LogP contribution in [0.5, 0.6) is 0 Å². The van der Waals surface area contributed by atoms with Gasteiger partial charge < -0.3 is 4.57 Å². The molecule has 0 saturated carbocycles. The first-order valence-electron chi connectivity index (χ1n) is 5.92. The Morgan fingerprint density at radius 2 is 1.76 bits per heavy atom. The number of hydrogen-bond donors (Lipinski definition) is 0. The fraction of sp³-hybridized carbons (Fsp3) is 0.154. The molecule has 0 amide bonds. The van der Waals surface area contributed by atoms with Gasteiger partial charge in [-0.1, -0.05) is 23.7 Å². The van der Waals surface area contributed by atoms with Crippen LogP contribution in [-0.4, -0.2) is 19.5 Å². The number of imidazole rings is 1. The molecule has 0 aliphatic heterocycles. The van der Waals surface area contributed by atoms with Crippen LogP contribution in [0.15, 0.2) is 36.9 Å². The number of aromatic nitrogens is 4. The Morgan fingerprint density at radius 3 is 2.43 bits per heavy atom. The molecule has 108 valence electrons. The molecule has 4 nitrogen and oxygen atoms in total. The van der Waals surface area contributed by atoms with Crippen LogP contribution in [0.3, 0.4) is 0 Å². The van der Waals surface area contributed by atoms with Gasteiger partial charge in [-0.05, 0) is 17.7 Å². The van der Waals surface area contributed by atoms with Gasteiger partial charge in [0.2, 0.25) is 0 Å². The highest BCUT2D eigenvalue weighted by molar-refractivity contribution is 6.33. The molecule has 1 aromatic carbocycles. The molecule has 0 bridgehead atoms. The average Bonchev–Trinajstić information content (AvgIpc) is 2.83. The Bertz CT molecular complexity index is 780. The predicted octanol–water partition coefficient (Wildman–Crippen LogP) is 3.55. The number of alkyl halides is 3. The summed E-state index contributed by atoms with van der Waals surface area (Å²) in [5.74, 6) is 0. The zero-order chi connectivity index (χ0) is 15.0. The van der Waals surface area contributed by atoms with E-state index in [0.29, 0.717) is 23.3 Å². The van der Waals surface area contributed by atoms with Crippen LogP contribution in [0.2, 0.25) is 5.15 Å². The quantitative estimate of drug-likeness (QED) is 0.680. The van der Waals surface area contributed by atoms with Crippen LogP contribution < -0.4 is 0 Å². The second kappa shape index (κ2) is 5.00. The highest BCUT2D eigenvalue weighted by Gasteiger charge is 2.29. The van der Waals surface area contributed by atoms with Crippen molar-refractivity contribution in [1.82, 2.24) is 19.5 Å². The molecule has 0 aliphatic carbocycles. The molecule has 2 heterocycles. The number of benzene rings is 1. The van der Waals surface area contributed by atoms with E-state index in [1.54, 1.807) is 4.57 Å². The van der Waals surface area contributed by atoms with Gasteiger partial charge in [-0.25, -0.2) is 15.0 Å². The Labute approximate surface area is 122 Å². The molecule has 2 aromatic heterocycles. The number of halogens is 4. The van der Waals surface area contributed by atoms with Gasteiger partial charge in [-0.3, -0.25) is 0 Å². The van der Waals surface area contributed by atoms with E-state index in [9.17, 15) is 13.2 Å². The fourth-order valence-corrected chi connectivity index (χ4v) is 2.14. The van der Waals surface area contributed by atoms with Gasteiger partial charge in [-0.2, -0.15) is 13.2 Å². The zero-order valence-corrected chi connectivity index (χ0v) is 11.2. The minimum atomic E-state index is -4.33. The van der Waals surface area contributed by atoms with Crippen LogP contribution in [0.4, 0.5) is 13.2 Å². The Morgan fingerprint density at radius 1 is 1.05 bits per heavy atom. The third-order valence-electron chi connectivity index (χ3n) is 2.99. The lowest BCUT2D eigenvalue weighted by molar-refractivity contribution is -0.137. The molecule has 8 heteroatoms. The molecule has 0 unspecified atom stereocenters. The van der Waals surface area contributed by atoms with Gasteiger partial charge in [0.25, 0.3) is 0 Å². The first-order chi connectivity index (χ1) is 9.95.